The van der Waals surface area contributed by atoms with Gasteiger partial charge in [0.2, 0.25) is 0 Å². The number of hydrogen-bond donors (Lipinski definition) is 2. The number of aliphatic carboxylic acids is 1. The fourth-order valence-electron chi connectivity index (χ4n) is 2.22. The van der Waals surface area contributed by atoms with Crippen LogP contribution in [0.3, 0.4) is 0 Å². The predicted octanol–water partition coefficient (Wildman–Crippen LogP) is 3.36. The molecule has 2 N–H and O–H groups in total. The van der Waals surface area contributed by atoms with E-state index in [2.05, 4.69) is 5.32 Å². The maximum atomic E-state index is 11.9. The van der Waals surface area contributed by atoms with Crippen molar-refractivity contribution in [2.24, 2.45) is 0 Å². The predicted molar refractivity (Wildman–Crippen MR) is 88.4 cm³/mol. The van der Waals surface area contributed by atoms with Gasteiger partial charge in [0.05, 0.1) is 0 Å². The van der Waals surface area contributed by atoms with Crippen LogP contribution in [0.25, 0.3) is 10.8 Å². The smallest absolute Gasteiger partial charge is 0.408 e. The van der Waals surface area contributed by atoms with Crippen LogP contribution in [0.5, 0.6) is 0 Å². The van der Waals surface area contributed by atoms with Gasteiger partial charge in [-0.05, 0) is 37.1 Å². The number of amides is 1. The van der Waals surface area contributed by atoms with Crippen molar-refractivity contribution in [1.82, 2.24) is 5.32 Å². The first-order chi connectivity index (χ1) is 11.3. The fraction of sp³-hybridized carbons (Fsp3) is 0.333. The molecule has 0 saturated heterocycles. The van der Waals surface area contributed by atoms with Gasteiger partial charge in [-0.3, -0.25) is 0 Å². The maximum absolute atomic E-state index is 11.9. The lowest BCUT2D eigenvalue weighted by atomic mass is 10.0. The summed E-state index contributed by atoms with van der Waals surface area (Å²) in [6, 6.07) is 12.4. The van der Waals surface area contributed by atoms with E-state index in [-0.39, 0.29) is 13.3 Å². The van der Waals surface area contributed by atoms with Gasteiger partial charge in [0, 0.05) is 7.79 Å². The van der Waals surface area contributed by atoms with Crippen LogP contribution in [0, 0.1) is 0 Å². The molecule has 0 unspecified atom stereocenters. The van der Waals surface area contributed by atoms with Gasteiger partial charge in [-0.15, -0.1) is 0 Å². The Morgan fingerprint density at radius 3 is 2.61 bits per heavy atom. The Labute approximate surface area is 136 Å². The highest BCUT2D eigenvalue weighted by Gasteiger charge is 2.24. The van der Waals surface area contributed by atoms with Crippen molar-refractivity contribution in [2.45, 2.75) is 38.8 Å². The van der Waals surface area contributed by atoms with E-state index in [0.29, 0.717) is 0 Å². The second kappa shape index (κ2) is 6.69. The van der Waals surface area contributed by atoms with Crippen LogP contribution in [-0.2, 0) is 16.0 Å². The summed E-state index contributed by atoms with van der Waals surface area (Å²) in [4.78, 5) is 23.3. The number of rotatable bonds is 4. The molecule has 0 aliphatic rings. The third kappa shape index (κ3) is 4.98. The van der Waals surface area contributed by atoms with Crippen molar-refractivity contribution in [3.8, 4) is 0 Å². The molecule has 5 heteroatoms. The standard InChI is InChI=1S/C18H21NO4/c1-18(2,3)23-17(22)19-15(16(20)21)11-12-8-9-13-6-4-5-7-14(13)10-12/h4-10,15H,11H2,1-3H3,(H,19,22)(H,20,21)/t15-/m0/s1/i1D. The topological polar surface area (TPSA) is 75.6 Å². The molecule has 1 atom stereocenters. The number of ether oxygens (including phenoxy) is 1. The molecule has 2 aromatic rings. The molecule has 0 bridgehead atoms. The Kier molecular flexibility index (Phi) is 4.46. The quantitative estimate of drug-likeness (QED) is 0.907. The molecule has 1 amide bonds. The zero-order valence-corrected chi connectivity index (χ0v) is 13.2. The highest BCUT2D eigenvalue weighted by molar-refractivity contribution is 5.84. The van der Waals surface area contributed by atoms with Gasteiger partial charge in [0.15, 0.2) is 0 Å². The molecular weight excluding hydrogens is 294 g/mol. The molecule has 0 saturated carbocycles. The van der Waals surface area contributed by atoms with Crippen LogP contribution in [-0.4, -0.2) is 28.8 Å². The van der Waals surface area contributed by atoms with E-state index in [1.54, 1.807) is 13.8 Å². The second-order valence-corrected chi connectivity index (χ2v) is 6.07. The van der Waals surface area contributed by atoms with E-state index in [4.69, 9.17) is 6.11 Å². The first kappa shape index (κ1) is 15.3. The summed E-state index contributed by atoms with van der Waals surface area (Å²) in [5.74, 6) is -1.14. The van der Waals surface area contributed by atoms with Crippen molar-refractivity contribution in [2.75, 3.05) is 0 Å². The number of nitrogens with one attached hydrogen (secondary N) is 1. The van der Waals surface area contributed by atoms with Crippen molar-refractivity contribution in [1.29, 1.82) is 0 Å². The number of carboxylic acids is 1. The van der Waals surface area contributed by atoms with E-state index < -0.39 is 23.7 Å². The Morgan fingerprint density at radius 2 is 1.96 bits per heavy atom. The normalized spacial score (nSPS) is 13.2. The number of carbonyl (C=O) groups is 2. The monoisotopic (exact) mass is 316 g/mol. The van der Waals surface area contributed by atoms with Crippen molar-refractivity contribution >= 4 is 22.8 Å². The average molecular weight is 316 g/mol. The number of carboxylic acid groups (broad SMARTS) is 1. The molecular formula is C18H21NO4. The summed E-state index contributed by atoms with van der Waals surface area (Å²) in [7, 11) is 0. The summed E-state index contributed by atoms with van der Waals surface area (Å²) >= 11 is 0. The second-order valence-electron chi connectivity index (χ2n) is 6.07. The number of fused-ring (bicyclic) bond motifs is 1. The number of carbonyl (C=O) groups excluding carboxylic acids is 1. The van der Waals surface area contributed by atoms with Crippen molar-refractivity contribution in [3.05, 3.63) is 48.0 Å². The third-order valence-corrected chi connectivity index (χ3v) is 3.21. The molecule has 0 aromatic heterocycles. The van der Waals surface area contributed by atoms with Gasteiger partial charge >= 0.3 is 12.1 Å². The zero-order chi connectivity index (χ0) is 17.7. The summed E-state index contributed by atoms with van der Waals surface area (Å²) in [6.45, 7) is 3.08. The highest BCUT2D eigenvalue weighted by atomic mass is 16.6. The summed E-state index contributed by atoms with van der Waals surface area (Å²) in [5, 5.41) is 13.8. The lowest BCUT2D eigenvalue weighted by molar-refractivity contribution is -0.139. The van der Waals surface area contributed by atoms with Crippen molar-refractivity contribution in [3.63, 3.8) is 0 Å². The fourth-order valence-corrected chi connectivity index (χ4v) is 2.22. The molecule has 122 valence electrons. The Balaban J connectivity index is 2.10. The molecule has 2 aromatic carbocycles. The Bertz CT molecular complexity index is 745. The van der Waals surface area contributed by atoms with Gasteiger partial charge in [-0.1, -0.05) is 42.5 Å². The van der Waals surface area contributed by atoms with Crippen LogP contribution in [0.4, 0.5) is 4.79 Å². The van der Waals surface area contributed by atoms with Crippen LogP contribution in [0.1, 0.15) is 27.7 Å². The van der Waals surface area contributed by atoms with Crippen LogP contribution in [0.2, 0.25) is 0 Å². The SMILES string of the molecule is [2H]CC(C)(C)OC(=O)N[C@@H](Cc1ccc2ccccc2c1)C(=O)O. The van der Waals surface area contributed by atoms with Gasteiger partial charge in [0.1, 0.15) is 11.6 Å². The lowest BCUT2D eigenvalue weighted by Gasteiger charge is -2.22. The van der Waals surface area contributed by atoms with Crippen molar-refractivity contribution < 1.29 is 20.8 Å². The molecule has 2 rings (SSSR count). The highest BCUT2D eigenvalue weighted by Crippen LogP contribution is 2.17. The minimum Gasteiger partial charge on any atom is -0.480 e. The molecule has 5 nitrogen and oxygen atoms in total. The number of alkyl carbamates (subject to hydrolysis) is 1. The largest absolute Gasteiger partial charge is 0.480 e. The summed E-state index contributed by atoms with van der Waals surface area (Å²) < 4.78 is 12.4. The maximum Gasteiger partial charge on any atom is 0.408 e. The first-order valence-electron chi connectivity index (χ1n) is 8.01. The molecule has 0 aliphatic carbocycles. The summed E-state index contributed by atoms with van der Waals surface area (Å²) in [6.07, 6.45) is -0.684. The van der Waals surface area contributed by atoms with Gasteiger partial charge in [-0.25, -0.2) is 9.59 Å². The van der Waals surface area contributed by atoms with Crippen LogP contribution >= 0.6 is 0 Å². The van der Waals surface area contributed by atoms with Crippen LogP contribution in [0.15, 0.2) is 42.5 Å². The van der Waals surface area contributed by atoms with E-state index in [1.165, 1.54) is 0 Å². The Morgan fingerprint density at radius 1 is 1.26 bits per heavy atom. The van der Waals surface area contributed by atoms with E-state index in [0.717, 1.165) is 16.3 Å². The van der Waals surface area contributed by atoms with E-state index in [9.17, 15) is 14.7 Å². The molecule has 0 aliphatic heterocycles. The molecule has 0 spiro atoms. The van der Waals surface area contributed by atoms with Gasteiger partial charge in [-0.2, -0.15) is 0 Å². The lowest BCUT2D eigenvalue weighted by Crippen LogP contribution is -2.44. The number of hydrogen-bond acceptors (Lipinski definition) is 3. The minimum absolute atomic E-state index is 0.108. The Hall–Kier alpha value is -2.56. The van der Waals surface area contributed by atoms with E-state index >= 15 is 0 Å². The molecule has 23 heavy (non-hydrogen) atoms. The first-order valence-corrected chi connectivity index (χ1v) is 7.30. The third-order valence-electron chi connectivity index (χ3n) is 3.21. The van der Waals surface area contributed by atoms with E-state index in [1.807, 2.05) is 42.5 Å². The summed E-state index contributed by atoms with van der Waals surface area (Å²) in [5.41, 5.74) is -0.156. The number of benzene rings is 2. The molecule has 0 radical (unpaired) electrons. The minimum atomic E-state index is -1.14. The average Bonchev–Trinajstić information content (AvgIpc) is 2.53. The van der Waals surface area contributed by atoms with Gasteiger partial charge < -0.3 is 15.2 Å². The molecule has 0 heterocycles. The zero-order valence-electron chi connectivity index (χ0n) is 14.2. The molecule has 0 fully saturated rings. The van der Waals surface area contributed by atoms with Gasteiger partial charge in [0.25, 0.3) is 0 Å². The van der Waals surface area contributed by atoms with Crippen LogP contribution < -0.4 is 5.32 Å².